The van der Waals surface area contributed by atoms with Gasteiger partial charge in [0.05, 0.1) is 0 Å². The average molecular weight is 297 g/mol. The number of aldehydes is 1. The Bertz CT molecular complexity index is 755. The highest BCUT2D eigenvalue weighted by Crippen LogP contribution is 2.20. The Kier molecular flexibility index (Phi) is 4.73. The van der Waals surface area contributed by atoms with Crippen LogP contribution >= 0.6 is 0 Å². The monoisotopic (exact) mass is 297 g/mol. The van der Waals surface area contributed by atoms with E-state index >= 15 is 0 Å². The molecule has 0 unspecified atom stereocenters. The number of fused-ring (bicyclic) bond motifs is 1. The minimum absolute atomic E-state index is 0.253. The number of nitrogens with one attached hydrogen (secondary N) is 2. The van der Waals surface area contributed by atoms with E-state index in [2.05, 4.69) is 26.9 Å². The number of rotatable bonds is 6. The summed E-state index contributed by atoms with van der Waals surface area (Å²) in [5.74, 6) is 0.554. The SMILES string of the molecule is C=C(N=C/C(=C\N)c1cnc2[nH]cc(C=O)c2c1)NC(C)C. The number of nitrogens with two attached hydrogens (primary N) is 1. The first-order valence-corrected chi connectivity index (χ1v) is 6.89. The van der Waals surface area contributed by atoms with E-state index in [1.807, 2.05) is 19.9 Å². The summed E-state index contributed by atoms with van der Waals surface area (Å²) >= 11 is 0. The Morgan fingerprint density at radius 1 is 1.55 bits per heavy atom. The summed E-state index contributed by atoms with van der Waals surface area (Å²) in [4.78, 5) is 22.5. The van der Waals surface area contributed by atoms with E-state index in [0.29, 0.717) is 22.6 Å². The molecule has 2 aromatic rings. The molecule has 0 aliphatic heterocycles. The van der Waals surface area contributed by atoms with Crippen molar-refractivity contribution in [3.63, 3.8) is 0 Å². The van der Waals surface area contributed by atoms with Crippen LogP contribution in [0.1, 0.15) is 29.8 Å². The fraction of sp³-hybridized carbons (Fsp3) is 0.188. The molecule has 2 rings (SSSR count). The second-order valence-electron chi connectivity index (χ2n) is 5.11. The molecule has 2 aromatic heterocycles. The van der Waals surface area contributed by atoms with Crippen molar-refractivity contribution in [2.75, 3.05) is 0 Å². The number of aliphatic imine (C=N–C) groups is 1. The molecule has 0 saturated carbocycles. The van der Waals surface area contributed by atoms with Crippen LogP contribution < -0.4 is 11.1 Å². The summed E-state index contributed by atoms with van der Waals surface area (Å²) in [6, 6.07) is 2.11. The van der Waals surface area contributed by atoms with Gasteiger partial charge in [0, 0.05) is 52.9 Å². The number of pyridine rings is 1. The van der Waals surface area contributed by atoms with Crippen molar-refractivity contribution < 1.29 is 4.79 Å². The van der Waals surface area contributed by atoms with Crippen LogP contribution in [0.5, 0.6) is 0 Å². The van der Waals surface area contributed by atoms with Gasteiger partial charge < -0.3 is 16.0 Å². The van der Waals surface area contributed by atoms with Gasteiger partial charge in [0.1, 0.15) is 11.5 Å². The Labute approximate surface area is 128 Å². The fourth-order valence-corrected chi connectivity index (χ4v) is 2.01. The molecule has 0 amide bonds. The predicted molar refractivity (Wildman–Crippen MR) is 89.5 cm³/mol. The average Bonchev–Trinajstić information content (AvgIpc) is 2.89. The molecule has 2 heterocycles. The van der Waals surface area contributed by atoms with Crippen LogP contribution in [0.25, 0.3) is 16.6 Å². The second-order valence-corrected chi connectivity index (χ2v) is 5.11. The first-order chi connectivity index (χ1) is 10.5. The Balaban J connectivity index is 2.30. The van der Waals surface area contributed by atoms with Gasteiger partial charge in [-0.05, 0) is 19.9 Å². The summed E-state index contributed by atoms with van der Waals surface area (Å²) in [5, 5.41) is 3.84. The smallest absolute Gasteiger partial charge is 0.152 e. The Morgan fingerprint density at radius 3 is 2.95 bits per heavy atom. The third-order valence-corrected chi connectivity index (χ3v) is 3.02. The number of aromatic nitrogens is 2. The zero-order chi connectivity index (χ0) is 16.1. The Morgan fingerprint density at radius 2 is 2.32 bits per heavy atom. The van der Waals surface area contributed by atoms with E-state index in [1.165, 1.54) is 6.20 Å². The minimum atomic E-state index is 0.253. The highest BCUT2D eigenvalue weighted by molar-refractivity contribution is 6.11. The van der Waals surface area contributed by atoms with Crippen molar-refractivity contribution in [2.45, 2.75) is 19.9 Å². The van der Waals surface area contributed by atoms with Crippen LogP contribution in [-0.2, 0) is 0 Å². The van der Waals surface area contributed by atoms with Crippen molar-refractivity contribution in [2.24, 2.45) is 10.7 Å². The number of H-pyrrole nitrogens is 1. The van der Waals surface area contributed by atoms with Gasteiger partial charge in [0.15, 0.2) is 6.29 Å². The Hall–Kier alpha value is -2.89. The maximum Gasteiger partial charge on any atom is 0.152 e. The van der Waals surface area contributed by atoms with Crippen LogP contribution in [0.15, 0.2) is 42.1 Å². The predicted octanol–water partition coefficient (Wildman–Crippen LogP) is 2.21. The molecule has 0 saturated heterocycles. The first kappa shape index (κ1) is 15.5. The summed E-state index contributed by atoms with van der Waals surface area (Å²) in [5.41, 5.74) is 8.36. The molecule has 0 aliphatic rings. The number of aromatic amines is 1. The summed E-state index contributed by atoms with van der Waals surface area (Å²) < 4.78 is 0. The number of carbonyl (C=O) groups is 1. The fourth-order valence-electron chi connectivity index (χ4n) is 2.01. The van der Waals surface area contributed by atoms with Crippen LogP contribution in [0, 0.1) is 0 Å². The van der Waals surface area contributed by atoms with E-state index in [1.54, 1.807) is 18.6 Å². The van der Waals surface area contributed by atoms with Gasteiger partial charge in [-0.3, -0.25) is 4.79 Å². The molecule has 6 nitrogen and oxygen atoms in total. The summed E-state index contributed by atoms with van der Waals surface area (Å²) in [6.45, 7) is 7.83. The highest BCUT2D eigenvalue weighted by atomic mass is 16.1. The molecule has 0 spiro atoms. The zero-order valence-electron chi connectivity index (χ0n) is 12.6. The van der Waals surface area contributed by atoms with Gasteiger partial charge >= 0.3 is 0 Å². The van der Waals surface area contributed by atoms with Gasteiger partial charge in [-0.2, -0.15) is 0 Å². The van der Waals surface area contributed by atoms with E-state index in [4.69, 9.17) is 5.73 Å². The largest absolute Gasteiger partial charge is 0.404 e. The minimum Gasteiger partial charge on any atom is -0.404 e. The first-order valence-electron chi connectivity index (χ1n) is 6.89. The molecule has 0 radical (unpaired) electrons. The number of hydrogen-bond donors (Lipinski definition) is 3. The molecule has 0 fully saturated rings. The van der Waals surface area contributed by atoms with E-state index < -0.39 is 0 Å². The van der Waals surface area contributed by atoms with Gasteiger partial charge in [-0.15, -0.1) is 0 Å². The number of carbonyl (C=O) groups excluding carboxylic acids is 1. The molecule has 0 bridgehead atoms. The van der Waals surface area contributed by atoms with E-state index in [0.717, 1.165) is 17.2 Å². The van der Waals surface area contributed by atoms with Gasteiger partial charge in [0.25, 0.3) is 0 Å². The second kappa shape index (κ2) is 6.71. The van der Waals surface area contributed by atoms with Crippen molar-refractivity contribution in [1.29, 1.82) is 0 Å². The summed E-state index contributed by atoms with van der Waals surface area (Å²) in [7, 11) is 0. The third kappa shape index (κ3) is 3.41. The molecule has 114 valence electrons. The van der Waals surface area contributed by atoms with Gasteiger partial charge in [-0.25, -0.2) is 9.98 Å². The highest BCUT2D eigenvalue weighted by Gasteiger charge is 2.07. The van der Waals surface area contributed by atoms with E-state index in [9.17, 15) is 4.79 Å². The summed E-state index contributed by atoms with van der Waals surface area (Å²) in [6.07, 6.45) is 7.16. The number of nitrogens with zero attached hydrogens (tertiary/aromatic N) is 2. The van der Waals surface area contributed by atoms with Crippen LogP contribution in [0.4, 0.5) is 0 Å². The quantitative estimate of drug-likeness (QED) is 0.562. The molecule has 0 atom stereocenters. The van der Waals surface area contributed by atoms with Gasteiger partial charge in [-0.1, -0.05) is 6.58 Å². The van der Waals surface area contributed by atoms with Crippen LogP contribution in [0.3, 0.4) is 0 Å². The molecule has 6 heteroatoms. The standard InChI is InChI=1S/C16H19N5O/c1-10(2)21-11(3)18-7-13(5-17)12-4-15-14(9-22)8-20-16(15)19-6-12/h4-10,21H,3,17H2,1-2H3,(H,19,20)/b13-5+,18-7?. The van der Waals surface area contributed by atoms with Crippen LogP contribution in [-0.4, -0.2) is 28.5 Å². The lowest BCUT2D eigenvalue weighted by molar-refractivity contribution is 0.112. The third-order valence-electron chi connectivity index (χ3n) is 3.02. The van der Waals surface area contributed by atoms with Crippen molar-refractivity contribution >= 4 is 29.1 Å². The number of allylic oxidation sites excluding steroid dienone is 1. The van der Waals surface area contributed by atoms with Gasteiger partial charge in [0.2, 0.25) is 0 Å². The lowest BCUT2D eigenvalue weighted by atomic mass is 10.1. The normalized spacial score (nSPS) is 12.2. The van der Waals surface area contributed by atoms with Crippen molar-refractivity contribution in [1.82, 2.24) is 15.3 Å². The van der Waals surface area contributed by atoms with Crippen molar-refractivity contribution in [3.8, 4) is 0 Å². The lowest BCUT2D eigenvalue weighted by Gasteiger charge is -2.08. The molecule has 22 heavy (non-hydrogen) atoms. The zero-order valence-corrected chi connectivity index (χ0v) is 12.6. The lowest BCUT2D eigenvalue weighted by Crippen LogP contribution is -2.20. The number of hydrogen-bond acceptors (Lipinski definition) is 5. The molecular weight excluding hydrogens is 278 g/mol. The van der Waals surface area contributed by atoms with E-state index in [-0.39, 0.29) is 6.04 Å². The molecule has 0 aromatic carbocycles. The topological polar surface area (TPSA) is 96.2 Å². The maximum atomic E-state index is 11.0. The molecule has 0 aliphatic carbocycles. The van der Waals surface area contributed by atoms with Crippen molar-refractivity contribution in [3.05, 3.63) is 48.2 Å². The molecule has 4 N–H and O–H groups in total. The van der Waals surface area contributed by atoms with Crippen LogP contribution in [0.2, 0.25) is 0 Å². The maximum absolute atomic E-state index is 11.0. The molecular formula is C16H19N5O.